The molecule has 0 unspecified atom stereocenters. The number of ether oxygens (including phenoxy) is 1. The van der Waals surface area contributed by atoms with Crippen molar-refractivity contribution in [3.05, 3.63) is 48.0 Å². The second-order valence-corrected chi connectivity index (χ2v) is 7.00. The molecule has 0 saturated carbocycles. The zero-order valence-electron chi connectivity index (χ0n) is 16.3. The Hall–Kier alpha value is -1.27. The molecule has 5 nitrogen and oxygen atoms in total. The maximum absolute atomic E-state index is 5.82. The van der Waals surface area contributed by atoms with E-state index in [1.165, 1.54) is 37.9 Å². The minimum Gasteiger partial charge on any atom is -0.486 e. The van der Waals surface area contributed by atoms with Crippen LogP contribution in [-0.4, -0.2) is 41.1 Å². The number of rotatable bonds is 8. The van der Waals surface area contributed by atoms with Crippen LogP contribution in [0.4, 0.5) is 0 Å². The summed E-state index contributed by atoms with van der Waals surface area (Å²) in [6.07, 6.45) is 7.69. The summed E-state index contributed by atoms with van der Waals surface area (Å²) in [4.78, 5) is 6.85. The standard InChI is InChI=1S/C20H30N4O.2ClH/c1-21-10-7-17-8-12-24(13-9-17)15-18-3-5-19(6-4-18)25-16-20-22-11-14-23(20)2;;/h3-6,11,14,17,21H,7-10,12-13,15-16H2,1-2H3;2*1H. The third-order valence-corrected chi connectivity index (χ3v) is 5.13. The van der Waals surface area contributed by atoms with E-state index in [1.54, 1.807) is 6.20 Å². The van der Waals surface area contributed by atoms with Crippen LogP contribution in [0.25, 0.3) is 0 Å². The van der Waals surface area contributed by atoms with E-state index in [9.17, 15) is 0 Å². The van der Waals surface area contributed by atoms with E-state index in [0.29, 0.717) is 6.61 Å². The average molecular weight is 415 g/mol. The first-order valence-electron chi connectivity index (χ1n) is 9.29. The predicted molar refractivity (Wildman–Crippen MR) is 115 cm³/mol. The first-order valence-corrected chi connectivity index (χ1v) is 9.29. The molecule has 0 amide bonds. The van der Waals surface area contributed by atoms with Gasteiger partial charge in [-0.1, -0.05) is 12.1 Å². The maximum atomic E-state index is 5.82. The molecule has 27 heavy (non-hydrogen) atoms. The van der Waals surface area contributed by atoms with Crippen LogP contribution in [0.5, 0.6) is 5.75 Å². The normalized spacial score (nSPS) is 15.0. The summed E-state index contributed by atoms with van der Waals surface area (Å²) in [7, 11) is 4.02. The molecule has 1 aliphatic heterocycles. The summed E-state index contributed by atoms with van der Waals surface area (Å²) in [5.41, 5.74) is 1.36. The van der Waals surface area contributed by atoms with Gasteiger partial charge >= 0.3 is 0 Å². The van der Waals surface area contributed by atoms with Gasteiger partial charge in [0.15, 0.2) is 0 Å². The largest absolute Gasteiger partial charge is 0.486 e. The van der Waals surface area contributed by atoms with Crippen molar-refractivity contribution in [1.82, 2.24) is 19.8 Å². The molecule has 1 aromatic heterocycles. The smallest absolute Gasteiger partial charge is 0.146 e. The molecule has 1 saturated heterocycles. The van der Waals surface area contributed by atoms with E-state index in [0.717, 1.165) is 30.6 Å². The van der Waals surface area contributed by atoms with Crippen molar-refractivity contribution in [1.29, 1.82) is 0 Å². The molecule has 1 aromatic carbocycles. The van der Waals surface area contributed by atoms with Crippen molar-refractivity contribution in [2.45, 2.75) is 32.4 Å². The Morgan fingerprint density at radius 1 is 1.15 bits per heavy atom. The minimum atomic E-state index is 0. The van der Waals surface area contributed by atoms with Gasteiger partial charge in [0.2, 0.25) is 0 Å². The summed E-state index contributed by atoms with van der Waals surface area (Å²) in [6, 6.07) is 8.50. The lowest BCUT2D eigenvalue weighted by molar-refractivity contribution is 0.172. The van der Waals surface area contributed by atoms with E-state index in [-0.39, 0.29) is 24.8 Å². The van der Waals surface area contributed by atoms with Gasteiger partial charge in [-0.2, -0.15) is 0 Å². The fourth-order valence-electron chi connectivity index (χ4n) is 3.41. The van der Waals surface area contributed by atoms with Crippen LogP contribution in [0.15, 0.2) is 36.7 Å². The Kier molecular flexibility index (Phi) is 10.8. The Labute approximate surface area is 175 Å². The van der Waals surface area contributed by atoms with Crippen molar-refractivity contribution in [3.8, 4) is 5.75 Å². The number of aryl methyl sites for hydroxylation is 1. The molecule has 0 spiro atoms. The summed E-state index contributed by atoms with van der Waals surface area (Å²) in [6.45, 7) is 5.11. The zero-order valence-corrected chi connectivity index (χ0v) is 17.9. The average Bonchev–Trinajstić information content (AvgIpc) is 3.05. The predicted octanol–water partition coefficient (Wildman–Crippen LogP) is 3.66. The number of nitrogens with one attached hydrogen (secondary N) is 1. The molecule has 1 fully saturated rings. The number of nitrogens with zero attached hydrogens (tertiary/aromatic N) is 3. The lowest BCUT2D eigenvalue weighted by atomic mass is 9.93. The van der Waals surface area contributed by atoms with Crippen molar-refractivity contribution in [2.75, 3.05) is 26.7 Å². The van der Waals surface area contributed by atoms with Gasteiger partial charge in [-0.25, -0.2) is 4.98 Å². The summed E-state index contributed by atoms with van der Waals surface area (Å²) in [5, 5.41) is 3.26. The lowest BCUT2D eigenvalue weighted by Crippen LogP contribution is -2.34. The van der Waals surface area contributed by atoms with Gasteiger partial charge < -0.3 is 14.6 Å². The molecule has 7 heteroatoms. The maximum Gasteiger partial charge on any atom is 0.146 e. The second kappa shape index (κ2) is 12.2. The van der Waals surface area contributed by atoms with E-state index < -0.39 is 0 Å². The second-order valence-electron chi connectivity index (χ2n) is 7.00. The molecular weight excluding hydrogens is 383 g/mol. The molecular formula is C20H32Cl2N4O. The highest BCUT2D eigenvalue weighted by Crippen LogP contribution is 2.22. The molecule has 0 bridgehead atoms. The Balaban J connectivity index is 0.00000182. The summed E-state index contributed by atoms with van der Waals surface area (Å²) >= 11 is 0. The topological polar surface area (TPSA) is 42.3 Å². The molecule has 0 aliphatic carbocycles. The monoisotopic (exact) mass is 414 g/mol. The fraction of sp³-hybridized carbons (Fsp3) is 0.550. The third-order valence-electron chi connectivity index (χ3n) is 5.13. The van der Waals surface area contributed by atoms with Crippen LogP contribution < -0.4 is 10.1 Å². The zero-order chi connectivity index (χ0) is 17.5. The van der Waals surface area contributed by atoms with Gasteiger partial charge in [-0.15, -0.1) is 24.8 Å². The van der Waals surface area contributed by atoms with Crippen LogP contribution in [-0.2, 0) is 20.2 Å². The van der Waals surface area contributed by atoms with Crippen LogP contribution in [0.2, 0.25) is 0 Å². The molecule has 0 atom stereocenters. The highest BCUT2D eigenvalue weighted by Gasteiger charge is 2.18. The number of halogens is 2. The minimum absolute atomic E-state index is 0. The van der Waals surface area contributed by atoms with Crippen molar-refractivity contribution >= 4 is 24.8 Å². The quantitative estimate of drug-likeness (QED) is 0.715. The van der Waals surface area contributed by atoms with Crippen LogP contribution in [0.3, 0.4) is 0 Å². The van der Waals surface area contributed by atoms with Gasteiger partial charge in [-0.05, 0) is 69.6 Å². The van der Waals surface area contributed by atoms with E-state index in [4.69, 9.17) is 4.74 Å². The first kappa shape index (κ1) is 23.8. The molecule has 2 heterocycles. The number of aromatic nitrogens is 2. The van der Waals surface area contributed by atoms with Gasteiger partial charge in [0.25, 0.3) is 0 Å². The molecule has 1 N–H and O–H groups in total. The van der Waals surface area contributed by atoms with Gasteiger partial charge in [0.1, 0.15) is 18.2 Å². The highest BCUT2D eigenvalue weighted by molar-refractivity contribution is 5.85. The molecule has 3 rings (SSSR count). The first-order chi connectivity index (χ1) is 12.2. The number of hydrogen-bond donors (Lipinski definition) is 1. The molecule has 1 aliphatic rings. The van der Waals surface area contributed by atoms with E-state index >= 15 is 0 Å². The SMILES string of the molecule is CNCCC1CCN(Cc2ccc(OCc3nccn3C)cc2)CC1.Cl.Cl. The van der Waals surface area contributed by atoms with Crippen LogP contribution >= 0.6 is 24.8 Å². The Bertz CT molecular complexity index is 640. The van der Waals surface area contributed by atoms with Crippen LogP contribution in [0.1, 0.15) is 30.7 Å². The number of imidazole rings is 1. The third kappa shape index (κ3) is 7.34. The number of benzene rings is 1. The van der Waals surface area contributed by atoms with Crippen molar-refractivity contribution in [3.63, 3.8) is 0 Å². The number of hydrogen-bond acceptors (Lipinski definition) is 4. The molecule has 2 aromatic rings. The fourth-order valence-corrected chi connectivity index (χ4v) is 3.41. The van der Waals surface area contributed by atoms with Gasteiger partial charge in [-0.3, -0.25) is 4.90 Å². The molecule has 152 valence electrons. The summed E-state index contributed by atoms with van der Waals surface area (Å²) < 4.78 is 7.81. The summed E-state index contributed by atoms with van der Waals surface area (Å²) in [5.74, 6) is 2.73. The van der Waals surface area contributed by atoms with Gasteiger partial charge in [0.05, 0.1) is 0 Å². The Morgan fingerprint density at radius 3 is 2.44 bits per heavy atom. The van der Waals surface area contributed by atoms with E-state index in [2.05, 4.69) is 39.5 Å². The van der Waals surface area contributed by atoms with Gasteiger partial charge in [0, 0.05) is 26.0 Å². The number of likely N-dealkylation sites (tertiary alicyclic amines) is 1. The lowest BCUT2D eigenvalue weighted by Gasteiger charge is -2.32. The molecule has 0 radical (unpaired) electrons. The van der Waals surface area contributed by atoms with E-state index in [1.807, 2.05) is 24.9 Å². The highest BCUT2D eigenvalue weighted by atomic mass is 35.5. The number of piperidine rings is 1. The van der Waals surface area contributed by atoms with Crippen LogP contribution in [0, 0.1) is 5.92 Å². The Morgan fingerprint density at radius 2 is 1.85 bits per heavy atom. The van der Waals surface area contributed by atoms with Crippen molar-refractivity contribution in [2.24, 2.45) is 13.0 Å². The van der Waals surface area contributed by atoms with Crippen molar-refractivity contribution < 1.29 is 4.74 Å².